The van der Waals surface area contributed by atoms with E-state index >= 15 is 0 Å². The molecule has 1 amide bonds. The second-order valence-electron chi connectivity index (χ2n) is 4.34. The molecule has 0 atom stereocenters. The average Bonchev–Trinajstić information content (AvgIpc) is 2.99. The lowest BCUT2D eigenvalue weighted by molar-refractivity contribution is 0.103. The maximum absolute atomic E-state index is 12.2. The number of aromatic nitrogens is 1. The fourth-order valence-corrected chi connectivity index (χ4v) is 2.88. The number of rotatable bonds is 3. The molecule has 2 heterocycles. The van der Waals surface area contributed by atoms with Gasteiger partial charge in [-0.05, 0) is 42.0 Å². The van der Waals surface area contributed by atoms with Crippen molar-refractivity contribution in [2.45, 2.75) is 0 Å². The number of carbonyl (C=O) groups excluding carboxylic acids is 1. The summed E-state index contributed by atoms with van der Waals surface area (Å²) in [6, 6.07) is 16.7. The van der Waals surface area contributed by atoms with E-state index in [1.54, 1.807) is 18.3 Å². The Morgan fingerprint density at radius 3 is 2.57 bits per heavy atom. The highest BCUT2D eigenvalue weighted by Gasteiger charge is 2.11. The highest BCUT2D eigenvalue weighted by atomic mass is 35.5. The molecule has 104 valence electrons. The monoisotopic (exact) mass is 314 g/mol. The quantitative estimate of drug-likeness (QED) is 0.760. The Morgan fingerprint density at radius 2 is 1.86 bits per heavy atom. The molecular weight excluding hydrogens is 304 g/mol. The van der Waals surface area contributed by atoms with E-state index in [2.05, 4.69) is 10.3 Å². The molecule has 5 heteroatoms. The molecule has 0 unspecified atom stereocenters. The number of nitrogens with zero attached hydrogens (tertiary/aromatic N) is 1. The number of carbonyl (C=O) groups is 1. The normalized spacial score (nSPS) is 10.3. The van der Waals surface area contributed by atoms with E-state index in [0.29, 0.717) is 15.7 Å². The summed E-state index contributed by atoms with van der Waals surface area (Å²) in [6.45, 7) is 0. The van der Waals surface area contributed by atoms with E-state index in [0.717, 1.165) is 10.4 Å². The summed E-state index contributed by atoms with van der Waals surface area (Å²) in [6.07, 6.45) is 1.64. The minimum absolute atomic E-state index is 0.154. The zero-order valence-corrected chi connectivity index (χ0v) is 12.5. The summed E-state index contributed by atoms with van der Waals surface area (Å²) in [5, 5.41) is 3.47. The molecule has 0 bridgehead atoms. The van der Waals surface area contributed by atoms with Gasteiger partial charge in [-0.2, -0.15) is 0 Å². The molecule has 3 rings (SSSR count). The van der Waals surface area contributed by atoms with Crippen LogP contribution in [0.25, 0.3) is 10.4 Å². The Balaban J connectivity index is 1.78. The van der Waals surface area contributed by atoms with Gasteiger partial charge in [-0.25, -0.2) is 4.98 Å². The Morgan fingerprint density at radius 1 is 1.05 bits per heavy atom. The maximum Gasteiger partial charge on any atom is 0.266 e. The van der Waals surface area contributed by atoms with Gasteiger partial charge in [0.15, 0.2) is 0 Å². The molecule has 3 aromatic rings. The van der Waals surface area contributed by atoms with E-state index in [9.17, 15) is 4.79 Å². The molecule has 3 nitrogen and oxygen atoms in total. The number of amides is 1. The molecule has 0 spiro atoms. The van der Waals surface area contributed by atoms with E-state index in [1.165, 1.54) is 11.3 Å². The molecule has 0 saturated heterocycles. The smallest absolute Gasteiger partial charge is 0.266 e. The fourth-order valence-electron chi connectivity index (χ4n) is 1.84. The van der Waals surface area contributed by atoms with Crippen molar-refractivity contribution in [2.75, 3.05) is 5.32 Å². The molecule has 1 aromatic carbocycles. The van der Waals surface area contributed by atoms with Crippen LogP contribution in [0.4, 0.5) is 5.82 Å². The number of hydrogen-bond acceptors (Lipinski definition) is 3. The number of benzene rings is 1. The van der Waals surface area contributed by atoms with Crippen molar-refractivity contribution in [3.63, 3.8) is 0 Å². The van der Waals surface area contributed by atoms with Gasteiger partial charge in [0.2, 0.25) is 0 Å². The third-order valence-electron chi connectivity index (χ3n) is 2.87. The Hall–Kier alpha value is -2.17. The zero-order valence-electron chi connectivity index (χ0n) is 10.9. The van der Waals surface area contributed by atoms with Crippen LogP contribution >= 0.6 is 22.9 Å². The molecular formula is C16H11ClN2OS. The van der Waals surface area contributed by atoms with Crippen LogP contribution < -0.4 is 5.32 Å². The Bertz CT molecular complexity index is 753. The number of pyridine rings is 1. The average molecular weight is 315 g/mol. The molecule has 0 radical (unpaired) electrons. The van der Waals surface area contributed by atoms with Gasteiger partial charge in [0.05, 0.1) is 4.88 Å². The van der Waals surface area contributed by atoms with Crippen molar-refractivity contribution in [1.82, 2.24) is 4.98 Å². The van der Waals surface area contributed by atoms with Crippen molar-refractivity contribution in [3.8, 4) is 10.4 Å². The van der Waals surface area contributed by atoms with Crippen molar-refractivity contribution >= 4 is 34.7 Å². The third kappa shape index (κ3) is 3.29. The SMILES string of the molecule is O=C(Nc1ccccn1)c1ccc(-c2ccc(Cl)cc2)s1. The highest BCUT2D eigenvalue weighted by molar-refractivity contribution is 7.17. The summed E-state index contributed by atoms with van der Waals surface area (Å²) >= 11 is 7.31. The van der Waals surface area contributed by atoms with Crippen molar-refractivity contribution in [3.05, 3.63) is 70.7 Å². The van der Waals surface area contributed by atoms with Gasteiger partial charge in [0, 0.05) is 16.1 Å². The number of anilines is 1. The largest absolute Gasteiger partial charge is 0.306 e. The first kappa shape index (κ1) is 13.8. The lowest BCUT2D eigenvalue weighted by Gasteiger charge is -2.01. The minimum Gasteiger partial charge on any atom is -0.306 e. The summed E-state index contributed by atoms with van der Waals surface area (Å²) in [5.74, 6) is 0.392. The van der Waals surface area contributed by atoms with Gasteiger partial charge < -0.3 is 5.32 Å². The maximum atomic E-state index is 12.2. The molecule has 21 heavy (non-hydrogen) atoms. The Kier molecular flexibility index (Phi) is 3.99. The predicted octanol–water partition coefficient (Wildman–Crippen LogP) is 4.72. The summed E-state index contributed by atoms with van der Waals surface area (Å²) in [4.78, 5) is 17.9. The second-order valence-corrected chi connectivity index (χ2v) is 5.86. The van der Waals surface area contributed by atoms with Crippen molar-refractivity contribution < 1.29 is 4.79 Å². The summed E-state index contributed by atoms with van der Waals surface area (Å²) in [5.41, 5.74) is 1.04. The predicted molar refractivity (Wildman–Crippen MR) is 87.0 cm³/mol. The van der Waals surface area contributed by atoms with Crippen LogP contribution in [0.5, 0.6) is 0 Å². The van der Waals surface area contributed by atoms with E-state index in [-0.39, 0.29) is 5.91 Å². The molecule has 0 saturated carbocycles. The summed E-state index contributed by atoms with van der Waals surface area (Å²) in [7, 11) is 0. The number of nitrogens with one attached hydrogen (secondary N) is 1. The van der Waals surface area contributed by atoms with E-state index < -0.39 is 0 Å². The number of thiophene rings is 1. The van der Waals surface area contributed by atoms with Gasteiger partial charge in [-0.15, -0.1) is 11.3 Å². The zero-order chi connectivity index (χ0) is 14.7. The minimum atomic E-state index is -0.154. The van der Waals surface area contributed by atoms with Gasteiger partial charge in [0.1, 0.15) is 5.82 Å². The lowest BCUT2D eigenvalue weighted by atomic mass is 10.2. The highest BCUT2D eigenvalue weighted by Crippen LogP contribution is 2.29. The number of halogens is 1. The first-order chi connectivity index (χ1) is 10.2. The van der Waals surface area contributed by atoms with Crippen LogP contribution in [0.3, 0.4) is 0 Å². The van der Waals surface area contributed by atoms with Crippen molar-refractivity contribution in [2.24, 2.45) is 0 Å². The molecule has 2 aromatic heterocycles. The van der Waals surface area contributed by atoms with Crippen LogP contribution in [-0.2, 0) is 0 Å². The standard InChI is InChI=1S/C16H11ClN2OS/c17-12-6-4-11(5-7-12)13-8-9-14(21-13)16(20)19-15-3-1-2-10-18-15/h1-10H,(H,18,19,20). The fraction of sp³-hybridized carbons (Fsp3) is 0. The molecule has 1 N–H and O–H groups in total. The lowest BCUT2D eigenvalue weighted by Crippen LogP contribution is -2.10. The van der Waals surface area contributed by atoms with Gasteiger partial charge in [0.25, 0.3) is 5.91 Å². The van der Waals surface area contributed by atoms with Crippen LogP contribution in [0, 0.1) is 0 Å². The topological polar surface area (TPSA) is 42.0 Å². The number of hydrogen-bond donors (Lipinski definition) is 1. The first-order valence-electron chi connectivity index (χ1n) is 6.30. The molecule has 0 fully saturated rings. The molecule has 0 aliphatic carbocycles. The second kappa shape index (κ2) is 6.08. The molecule has 0 aliphatic rings. The van der Waals surface area contributed by atoms with Gasteiger partial charge in [-0.1, -0.05) is 29.8 Å². The Labute approximate surface area is 131 Å². The van der Waals surface area contributed by atoms with Crippen LogP contribution in [-0.4, -0.2) is 10.9 Å². The summed E-state index contributed by atoms with van der Waals surface area (Å²) < 4.78 is 0. The van der Waals surface area contributed by atoms with Gasteiger partial charge in [-0.3, -0.25) is 4.79 Å². The molecule has 0 aliphatic heterocycles. The van der Waals surface area contributed by atoms with Crippen LogP contribution in [0.2, 0.25) is 5.02 Å². The van der Waals surface area contributed by atoms with E-state index in [4.69, 9.17) is 11.6 Å². The third-order valence-corrected chi connectivity index (χ3v) is 4.25. The first-order valence-corrected chi connectivity index (χ1v) is 7.50. The van der Waals surface area contributed by atoms with E-state index in [1.807, 2.05) is 42.5 Å². The van der Waals surface area contributed by atoms with Crippen molar-refractivity contribution in [1.29, 1.82) is 0 Å². The van der Waals surface area contributed by atoms with Gasteiger partial charge >= 0.3 is 0 Å². The van der Waals surface area contributed by atoms with Crippen LogP contribution in [0.15, 0.2) is 60.8 Å². The van der Waals surface area contributed by atoms with Crippen LogP contribution in [0.1, 0.15) is 9.67 Å².